The highest BCUT2D eigenvalue weighted by molar-refractivity contribution is 5.97. The number of amides is 2. The summed E-state index contributed by atoms with van der Waals surface area (Å²) in [6, 6.07) is 5.85. The summed E-state index contributed by atoms with van der Waals surface area (Å²) in [5.74, 6) is 1.26. The molecular formula is C36H48FN7O5. The van der Waals surface area contributed by atoms with E-state index in [0.717, 1.165) is 42.8 Å². The fraction of sp³-hybridized carbons (Fsp3) is 0.528. The van der Waals surface area contributed by atoms with E-state index >= 15 is 0 Å². The zero-order chi connectivity index (χ0) is 35.1. The van der Waals surface area contributed by atoms with Crippen LogP contribution in [0.2, 0.25) is 0 Å². The van der Waals surface area contributed by atoms with Gasteiger partial charge in [0.2, 0.25) is 0 Å². The molecule has 1 fully saturated rings. The van der Waals surface area contributed by atoms with Gasteiger partial charge in [-0.05, 0) is 65.8 Å². The van der Waals surface area contributed by atoms with Crippen molar-refractivity contribution in [2.45, 2.75) is 85.1 Å². The topological polar surface area (TPSA) is 122 Å². The lowest BCUT2D eigenvalue weighted by Gasteiger charge is -2.35. The van der Waals surface area contributed by atoms with Gasteiger partial charge in [-0.2, -0.15) is 0 Å². The van der Waals surface area contributed by atoms with E-state index in [0.29, 0.717) is 50.8 Å². The number of ether oxygens (including phenoxy) is 3. The summed E-state index contributed by atoms with van der Waals surface area (Å²) in [4.78, 5) is 44.8. The zero-order valence-electron chi connectivity index (χ0n) is 29.4. The number of hydrogen-bond acceptors (Lipinski definition) is 10. The second-order valence-electron chi connectivity index (χ2n) is 13.6. The van der Waals surface area contributed by atoms with Gasteiger partial charge < -0.3 is 29.3 Å². The molecule has 0 radical (unpaired) electrons. The van der Waals surface area contributed by atoms with Gasteiger partial charge in [0.05, 0.1) is 11.8 Å². The molecule has 0 saturated carbocycles. The molecule has 264 valence electrons. The largest absolute Gasteiger partial charge is 0.490 e. The van der Waals surface area contributed by atoms with Crippen molar-refractivity contribution in [3.05, 3.63) is 65.6 Å². The van der Waals surface area contributed by atoms with Gasteiger partial charge in [-0.15, -0.1) is 0 Å². The Morgan fingerprint density at radius 2 is 1.86 bits per heavy atom. The van der Waals surface area contributed by atoms with E-state index in [1.807, 2.05) is 53.8 Å². The standard InChI is InChI=1S/C36H48FN7O5/c1-7-44(24(2)3)34(45)27-20-25(37)8-9-30(27)48-32-21-38-23-41-33(32)43-17-11-26(12-18-43)47-31-10-14-39-29-13-16-42(22-28(29)31)19-15-40-35(46)49-36(4,5)6/h8-10,14,20-21,23-24,26H,7,11-13,15-19,22H2,1-6H3,(H,40,46). The van der Waals surface area contributed by atoms with Crippen molar-refractivity contribution in [3.63, 3.8) is 0 Å². The third-order valence-corrected chi connectivity index (χ3v) is 8.56. The van der Waals surface area contributed by atoms with Crippen molar-refractivity contribution in [2.75, 3.05) is 44.2 Å². The Kier molecular flexibility index (Phi) is 11.5. The molecule has 1 aromatic carbocycles. The maximum atomic E-state index is 14.3. The first-order valence-electron chi connectivity index (χ1n) is 17.1. The number of pyridine rings is 1. The van der Waals surface area contributed by atoms with E-state index in [4.69, 9.17) is 14.2 Å². The number of anilines is 1. The normalized spacial score (nSPS) is 15.5. The summed E-state index contributed by atoms with van der Waals surface area (Å²) in [5.41, 5.74) is 1.75. The molecule has 3 aromatic rings. The summed E-state index contributed by atoms with van der Waals surface area (Å²) < 4.78 is 32.5. The van der Waals surface area contributed by atoms with Gasteiger partial charge >= 0.3 is 6.09 Å². The molecule has 1 N–H and O–H groups in total. The van der Waals surface area contributed by atoms with Crippen LogP contribution in [-0.4, -0.2) is 93.8 Å². The Morgan fingerprint density at radius 3 is 2.57 bits per heavy atom. The summed E-state index contributed by atoms with van der Waals surface area (Å²) >= 11 is 0. The van der Waals surface area contributed by atoms with Gasteiger partial charge in [-0.25, -0.2) is 19.2 Å². The number of fused-ring (bicyclic) bond motifs is 1. The molecule has 0 bridgehead atoms. The number of benzene rings is 1. The van der Waals surface area contributed by atoms with Crippen molar-refractivity contribution in [1.82, 2.24) is 30.1 Å². The lowest BCUT2D eigenvalue weighted by molar-refractivity contribution is 0.0520. The highest BCUT2D eigenvalue weighted by atomic mass is 19.1. The number of alkyl carbamates (subject to hydrolysis) is 1. The van der Waals surface area contributed by atoms with E-state index in [1.54, 1.807) is 11.1 Å². The molecule has 5 rings (SSSR count). The first-order chi connectivity index (χ1) is 23.4. The molecule has 2 amide bonds. The molecule has 2 aliphatic heterocycles. The van der Waals surface area contributed by atoms with Crippen LogP contribution in [0.4, 0.5) is 15.0 Å². The number of hydrogen-bond donors (Lipinski definition) is 1. The molecule has 49 heavy (non-hydrogen) atoms. The lowest BCUT2D eigenvalue weighted by Crippen LogP contribution is -2.40. The van der Waals surface area contributed by atoms with E-state index in [1.165, 1.54) is 24.5 Å². The molecule has 2 aliphatic rings. The minimum Gasteiger partial charge on any atom is -0.490 e. The van der Waals surface area contributed by atoms with E-state index < -0.39 is 17.5 Å². The highest BCUT2D eigenvalue weighted by Gasteiger charge is 2.28. The van der Waals surface area contributed by atoms with Crippen molar-refractivity contribution >= 4 is 17.8 Å². The smallest absolute Gasteiger partial charge is 0.407 e. The lowest BCUT2D eigenvalue weighted by atomic mass is 10.0. The predicted molar refractivity (Wildman–Crippen MR) is 184 cm³/mol. The fourth-order valence-corrected chi connectivity index (χ4v) is 6.16. The zero-order valence-corrected chi connectivity index (χ0v) is 29.4. The van der Waals surface area contributed by atoms with Crippen LogP contribution in [0.5, 0.6) is 17.2 Å². The molecule has 2 aromatic heterocycles. The van der Waals surface area contributed by atoms with Crippen LogP contribution in [0.25, 0.3) is 0 Å². The predicted octanol–water partition coefficient (Wildman–Crippen LogP) is 5.60. The van der Waals surface area contributed by atoms with E-state index in [-0.39, 0.29) is 29.4 Å². The van der Waals surface area contributed by atoms with Crippen LogP contribution in [0.1, 0.15) is 76.0 Å². The van der Waals surface area contributed by atoms with Gasteiger partial charge in [-0.1, -0.05) is 0 Å². The number of nitrogens with one attached hydrogen (secondary N) is 1. The average Bonchev–Trinajstić information content (AvgIpc) is 3.06. The number of carbonyl (C=O) groups is 2. The number of carbonyl (C=O) groups excluding carboxylic acids is 2. The molecule has 12 nitrogen and oxygen atoms in total. The van der Waals surface area contributed by atoms with Crippen LogP contribution in [0.15, 0.2) is 43.0 Å². The van der Waals surface area contributed by atoms with Gasteiger partial charge in [-0.3, -0.25) is 14.7 Å². The van der Waals surface area contributed by atoms with E-state index in [9.17, 15) is 14.0 Å². The first-order valence-corrected chi connectivity index (χ1v) is 17.1. The van der Waals surface area contributed by atoms with Gasteiger partial charge in [0, 0.05) is 88.6 Å². The average molecular weight is 678 g/mol. The Balaban J connectivity index is 1.21. The Hall–Kier alpha value is -4.52. The van der Waals surface area contributed by atoms with Gasteiger partial charge in [0.1, 0.15) is 35.3 Å². The first kappa shape index (κ1) is 35.8. The van der Waals surface area contributed by atoms with Crippen LogP contribution in [0, 0.1) is 5.82 Å². The molecule has 4 heterocycles. The summed E-state index contributed by atoms with van der Waals surface area (Å²) in [5, 5.41) is 2.84. The number of halogens is 1. The molecule has 13 heteroatoms. The van der Waals surface area contributed by atoms with Gasteiger partial charge in [0.15, 0.2) is 11.6 Å². The Labute approximate surface area is 288 Å². The van der Waals surface area contributed by atoms with Crippen molar-refractivity contribution in [1.29, 1.82) is 0 Å². The van der Waals surface area contributed by atoms with Crippen molar-refractivity contribution in [3.8, 4) is 17.2 Å². The minimum atomic E-state index is -0.535. The second kappa shape index (κ2) is 15.8. The molecule has 1 saturated heterocycles. The molecular weight excluding hydrogens is 629 g/mol. The molecule has 0 aliphatic carbocycles. The fourth-order valence-electron chi connectivity index (χ4n) is 6.16. The monoisotopic (exact) mass is 677 g/mol. The summed E-state index contributed by atoms with van der Waals surface area (Å²) in [6.45, 7) is 15.8. The van der Waals surface area contributed by atoms with Crippen molar-refractivity contribution in [2.24, 2.45) is 0 Å². The van der Waals surface area contributed by atoms with E-state index in [2.05, 4.69) is 30.1 Å². The van der Waals surface area contributed by atoms with Crippen LogP contribution in [-0.2, 0) is 17.7 Å². The number of rotatable bonds is 11. The minimum absolute atomic E-state index is 0.00412. The maximum Gasteiger partial charge on any atom is 0.407 e. The summed E-state index contributed by atoms with van der Waals surface area (Å²) in [6.07, 6.45) is 6.75. The number of aromatic nitrogens is 3. The summed E-state index contributed by atoms with van der Waals surface area (Å²) in [7, 11) is 0. The van der Waals surface area contributed by atoms with Crippen LogP contribution < -0.4 is 19.7 Å². The third kappa shape index (κ3) is 9.34. The highest BCUT2D eigenvalue weighted by Crippen LogP contribution is 2.35. The van der Waals surface area contributed by atoms with Gasteiger partial charge in [0.25, 0.3) is 5.91 Å². The number of piperidine rings is 1. The molecule has 0 atom stereocenters. The second-order valence-corrected chi connectivity index (χ2v) is 13.6. The van der Waals surface area contributed by atoms with Crippen LogP contribution in [0.3, 0.4) is 0 Å². The molecule has 0 unspecified atom stereocenters. The van der Waals surface area contributed by atoms with Crippen LogP contribution >= 0.6 is 0 Å². The molecule has 0 spiro atoms. The Morgan fingerprint density at radius 1 is 1.08 bits per heavy atom. The third-order valence-electron chi connectivity index (χ3n) is 8.56. The maximum absolute atomic E-state index is 14.3. The SMILES string of the molecule is CCN(C(=O)c1cc(F)ccc1Oc1cncnc1N1CCC(Oc2ccnc3c2CN(CCNC(=O)OC(C)(C)C)CC3)CC1)C(C)C. The van der Waals surface area contributed by atoms with Crippen molar-refractivity contribution < 1.29 is 28.2 Å². The quantitative estimate of drug-likeness (QED) is 0.274. The Bertz CT molecular complexity index is 1610. The number of nitrogens with zero attached hydrogens (tertiary/aromatic N) is 6.